The number of ether oxygens (including phenoxy) is 2. The Morgan fingerprint density at radius 2 is 1.83 bits per heavy atom. The SMILES string of the molecule is CCOc1ccc(CCNc2cc(Cl)nc(N)n2)cc1OCC. The van der Waals surface area contributed by atoms with Crippen LogP contribution in [0.3, 0.4) is 0 Å². The van der Waals surface area contributed by atoms with Crippen LogP contribution in [-0.4, -0.2) is 29.7 Å². The van der Waals surface area contributed by atoms with Crippen molar-refractivity contribution in [3.63, 3.8) is 0 Å². The number of aromatic nitrogens is 2. The van der Waals surface area contributed by atoms with Crippen molar-refractivity contribution in [2.45, 2.75) is 20.3 Å². The maximum atomic E-state index is 5.85. The summed E-state index contributed by atoms with van der Waals surface area (Å²) in [5.41, 5.74) is 6.70. The van der Waals surface area contributed by atoms with Crippen LogP contribution in [0.15, 0.2) is 24.3 Å². The minimum absolute atomic E-state index is 0.152. The summed E-state index contributed by atoms with van der Waals surface area (Å²) in [6, 6.07) is 7.60. The first-order valence-electron chi connectivity index (χ1n) is 7.54. The minimum atomic E-state index is 0.152. The van der Waals surface area contributed by atoms with Gasteiger partial charge in [0.05, 0.1) is 13.2 Å². The van der Waals surface area contributed by atoms with Crippen LogP contribution < -0.4 is 20.5 Å². The van der Waals surface area contributed by atoms with E-state index in [1.165, 1.54) is 0 Å². The van der Waals surface area contributed by atoms with Crippen LogP contribution in [0.25, 0.3) is 0 Å². The monoisotopic (exact) mass is 336 g/mol. The number of halogens is 1. The fourth-order valence-electron chi connectivity index (χ4n) is 2.11. The average molecular weight is 337 g/mol. The lowest BCUT2D eigenvalue weighted by Gasteiger charge is -2.13. The second-order valence-corrected chi connectivity index (χ2v) is 5.15. The molecule has 0 bridgehead atoms. The molecular weight excluding hydrogens is 316 g/mol. The molecule has 0 unspecified atom stereocenters. The van der Waals surface area contributed by atoms with Crippen LogP contribution in [0.4, 0.5) is 11.8 Å². The minimum Gasteiger partial charge on any atom is -0.490 e. The molecule has 0 amide bonds. The molecule has 0 radical (unpaired) electrons. The van der Waals surface area contributed by atoms with Gasteiger partial charge in [-0.3, -0.25) is 0 Å². The molecule has 0 saturated heterocycles. The van der Waals surface area contributed by atoms with E-state index in [9.17, 15) is 0 Å². The van der Waals surface area contributed by atoms with Gasteiger partial charge in [0.2, 0.25) is 5.95 Å². The van der Waals surface area contributed by atoms with Gasteiger partial charge in [-0.25, -0.2) is 4.98 Å². The molecule has 0 fully saturated rings. The van der Waals surface area contributed by atoms with Gasteiger partial charge in [0.25, 0.3) is 0 Å². The highest BCUT2D eigenvalue weighted by Crippen LogP contribution is 2.28. The molecule has 0 aliphatic carbocycles. The number of nitrogen functional groups attached to an aromatic ring is 1. The van der Waals surface area contributed by atoms with Crippen molar-refractivity contribution in [2.24, 2.45) is 0 Å². The molecule has 2 aromatic rings. The van der Waals surface area contributed by atoms with Crippen molar-refractivity contribution in [2.75, 3.05) is 30.8 Å². The van der Waals surface area contributed by atoms with Crippen LogP contribution in [0.1, 0.15) is 19.4 Å². The Balaban J connectivity index is 1.98. The van der Waals surface area contributed by atoms with Crippen LogP contribution in [0.2, 0.25) is 5.15 Å². The number of hydrogen-bond acceptors (Lipinski definition) is 6. The Morgan fingerprint density at radius 1 is 1.09 bits per heavy atom. The third kappa shape index (κ3) is 5.17. The summed E-state index contributed by atoms with van der Waals surface area (Å²) in [5, 5.41) is 3.50. The van der Waals surface area contributed by atoms with E-state index in [0.717, 1.165) is 23.5 Å². The molecule has 124 valence electrons. The van der Waals surface area contributed by atoms with E-state index in [2.05, 4.69) is 15.3 Å². The number of hydrogen-bond donors (Lipinski definition) is 2. The molecule has 1 aromatic heterocycles. The van der Waals surface area contributed by atoms with Crippen LogP contribution in [0, 0.1) is 0 Å². The van der Waals surface area contributed by atoms with Crippen molar-refractivity contribution in [3.8, 4) is 11.5 Å². The lowest BCUT2D eigenvalue weighted by molar-refractivity contribution is 0.287. The first kappa shape index (κ1) is 17.1. The number of anilines is 2. The summed E-state index contributed by atoms with van der Waals surface area (Å²) < 4.78 is 11.2. The summed E-state index contributed by atoms with van der Waals surface area (Å²) in [6.07, 6.45) is 0.800. The van der Waals surface area contributed by atoms with E-state index in [4.69, 9.17) is 26.8 Å². The molecule has 0 aliphatic rings. The first-order valence-corrected chi connectivity index (χ1v) is 7.92. The molecule has 1 heterocycles. The van der Waals surface area contributed by atoms with E-state index in [0.29, 0.717) is 30.7 Å². The smallest absolute Gasteiger partial charge is 0.223 e. The predicted octanol–water partition coefficient (Wildman–Crippen LogP) is 3.16. The summed E-state index contributed by atoms with van der Waals surface area (Å²) in [6.45, 7) is 5.79. The zero-order valence-corrected chi connectivity index (χ0v) is 14.1. The summed E-state index contributed by atoms with van der Waals surface area (Å²) in [4.78, 5) is 7.90. The summed E-state index contributed by atoms with van der Waals surface area (Å²) >= 11 is 5.85. The zero-order chi connectivity index (χ0) is 16.7. The molecule has 6 nitrogen and oxygen atoms in total. The molecule has 0 aliphatic heterocycles. The lowest BCUT2D eigenvalue weighted by atomic mass is 10.1. The van der Waals surface area contributed by atoms with Crippen LogP contribution in [-0.2, 0) is 6.42 Å². The van der Waals surface area contributed by atoms with E-state index in [-0.39, 0.29) is 5.95 Å². The van der Waals surface area contributed by atoms with Gasteiger partial charge in [-0.15, -0.1) is 0 Å². The van der Waals surface area contributed by atoms with Gasteiger partial charge in [-0.1, -0.05) is 17.7 Å². The van der Waals surface area contributed by atoms with E-state index in [1.54, 1.807) is 6.07 Å². The van der Waals surface area contributed by atoms with Gasteiger partial charge < -0.3 is 20.5 Å². The number of benzene rings is 1. The Kier molecular flexibility index (Phi) is 6.29. The van der Waals surface area contributed by atoms with Crippen molar-refractivity contribution in [3.05, 3.63) is 35.0 Å². The fourth-order valence-corrected chi connectivity index (χ4v) is 2.30. The standard InChI is InChI=1S/C16H21ClN4O2/c1-3-22-12-6-5-11(9-13(12)23-4-2)7-8-19-15-10-14(17)20-16(18)21-15/h5-6,9-10H,3-4,7-8H2,1-2H3,(H3,18,19,20,21). The highest BCUT2D eigenvalue weighted by Gasteiger charge is 2.06. The van der Waals surface area contributed by atoms with Gasteiger partial charge in [0.15, 0.2) is 11.5 Å². The predicted molar refractivity (Wildman–Crippen MR) is 92.4 cm³/mol. The molecular formula is C16H21ClN4O2. The molecule has 23 heavy (non-hydrogen) atoms. The summed E-state index contributed by atoms with van der Waals surface area (Å²) in [7, 11) is 0. The molecule has 0 spiro atoms. The Morgan fingerprint density at radius 3 is 2.52 bits per heavy atom. The normalized spacial score (nSPS) is 10.4. The van der Waals surface area contributed by atoms with Crippen molar-refractivity contribution < 1.29 is 9.47 Å². The molecule has 3 N–H and O–H groups in total. The maximum Gasteiger partial charge on any atom is 0.223 e. The Labute approximate surface area is 141 Å². The number of rotatable bonds is 8. The van der Waals surface area contributed by atoms with Crippen LogP contribution in [0.5, 0.6) is 11.5 Å². The molecule has 7 heteroatoms. The number of nitrogens with one attached hydrogen (secondary N) is 1. The Hall–Kier alpha value is -2.21. The zero-order valence-electron chi connectivity index (χ0n) is 13.3. The largest absolute Gasteiger partial charge is 0.490 e. The molecule has 0 saturated carbocycles. The molecule has 0 atom stereocenters. The van der Waals surface area contributed by atoms with E-state index >= 15 is 0 Å². The maximum absolute atomic E-state index is 5.85. The van der Waals surface area contributed by atoms with Crippen molar-refractivity contribution in [1.29, 1.82) is 0 Å². The highest BCUT2D eigenvalue weighted by molar-refractivity contribution is 6.29. The highest BCUT2D eigenvalue weighted by atomic mass is 35.5. The van der Waals surface area contributed by atoms with Crippen LogP contribution >= 0.6 is 11.6 Å². The van der Waals surface area contributed by atoms with Gasteiger partial charge in [-0.05, 0) is 38.0 Å². The number of nitrogens with zero attached hydrogens (tertiary/aromatic N) is 2. The van der Waals surface area contributed by atoms with E-state index < -0.39 is 0 Å². The summed E-state index contributed by atoms with van der Waals surface area (Å²) in [5.74, 6) is 2.29. The van der Waals surface area contributed by atoms with Crippen molar-refractivity contribution in [1.82, 2.24) is 9.97 Å². The third-order valence-electron chi connectivity index (χ3n) is 3.04. The second kappa shape index (κ2) is 8.43. The molecule has 2 rings (SSSR count). The first-order chi connectivity index (χ1) is 11.1. The third-order valence-corrected chi connectivity index (χ3v) is 3.23. The van der Waals surface area contributed by atoms with E-state index in [1.807, 2.05) is 32.0 Å². The quantitative estimate of drug-likeness (QED) is 0.720. The fraction of sp³-hybridized carbons (Fsp3) is 0.375. The Bertz CT molecular complexity index is 632. The topological polar surface area (TPSA) is 82.3 Å². The molecule has 1 aromatic carbocycles. The lowest BCUT2D eigenvalue weighted by Crippen LogP contribution is -2.08. The van der Waals surface area contributed by atoms with Gasteiger partial charge in [0.1, 0.15) is 11.0 Å². The van der Waals surface area contributed by atoms with Gasteiger partial charge in [-0.2, -0.15) is 4.98 Å². The van der Waals surface area contributed by atoms with Gasteiger partial charge in [0, 0.05) is 12.6 Å². The van der Waals surface area contributed by atoms with Crippen molar-refractivity contribution >= 4 is 23.4 Å². The second-order valence-electron chi connectivity index (χ2n) is 4.76. The number of nitrogens with two attached hydrogens (primary N) is 1. The van der Waals surface area contributed by atoms with Gasteiger partial charge >= 0.3 is 0 Å². The average Bonchev–Trinajstić information content (AvgIpc) is 2.49.